The van der Waals surface area contributed by atoms with Gasteiger partial charge in [0.25, 0.3) is 0 Å². The molecule has 0 N–H and O–H groups in total. The third-order valence-electron chi connectivity index (χ3n) is 7.77. The summed E-state index contributed by atoms with van der Waals surface area (Å²) in [6.45, 7) is 31.5. The molecule has 4 nitrogen and oxygen atoms in total. The molecular formula is C36H58O4P2. The van der Waals surface area contributed by atoms with E-state index in [0.29, 0.717) is 0 Å². The molecule has 1 aliphatic rings. The molecule has 0 atom stereocenters. The Hall–Kier alpha value is -1.18. The summed E-state index contributed by atoms with van der Waals surface area (Å²) in [6, 6.07) is 9.33. The standard InChI is InChI=1S/C36H58O4P2/c1-15-17-19-25-21-27(33(3,4)5)31(28(22-25)34(6,7)8)37-41-39-42(40-41)38-32-29(35(9,10)11)23-26(20-18-16-2)24-30(32)36(12,13)14/h21-24H,15-20H2,1-14H3. The van der Waals surface area contributed by atoms with Crippen molar-refractivity contribution in [2.45, 2.75) is 157 Å². The van der Waals surface area contributed by atoms with Crippen LogP contribution in [0.4, 0.5) is 0 Å². The van der Waals surface area contributed by atoms with Crippen LogP contribution in [0, 0.1) is 0 Å². The Balaban J connectivity index is 1.92. The van der Waals surface area contributed by atoms with Gasteiger partial charge in [-0.05, 0) is 58.5 Å². The third-order valence-corrected chi connectivity index (χ3v) is 10.6. The lowest BCUT2D eigenvalue weighted by Crippen LogP contribution is -2.22. The molecule has 0 saturated carbocycles. The molecule has 1 fully saturated rings. The van der Waals surface area contributed by atoms with Gasteiger partial charge < -0.3 is 9.05 Å². The molecule has 0 amide bonds. The van der Waals surface area contributed by atoms with Gasteiger partial charge in [-0.2, -0.15) is 0 Å². The minimum atomic E-state index is -1.54. The first-order chi connectivity index (χ1) is 19.3. The molecule has 236 valence electrons. The van der Waals surface area contributed by atoms with E-state index in [2.05, 4.69) is 121 Å². The van der Waals surface area contributed by atoms with Crippen molar-refractivity contribution in [3.05, 3.63) is 57.6 Å². The van der Waals surface area contributed by atoms with Crippen LogP contribution in [0.15, 0.2) is 24.3 Å². The molecule has 0 aromatic heterocycles. The molecule has 2 aromatic carbocycles. The first-order valence-corrected chi connectivity index (χ1v) is 18.1. The minimum Gasteiger partial charge on any atom is -0.426 e. The molecule has 3 rings (SSSR count). The molecule has 42 heavy (non-hydrogen) atoms. The normalized spacial score (nSPS) is 18.1. The van der Waals surface area contributed by atoms with Crippen LogP contribution in [-0.2, 0) is 43.1 Å². The van der Waals surface area contributed by atoms with E-state index in [0.717, 1.165) is 24.3 Å². The quantitative estimate of drug-likeness (QED) is 0.249. The van der Waals surface area contributed by atoms with E-state index in [4.69, 9.17) is 17.7 Å². The summed E-state index contributed by atoms with van der Waals surface area (Å²) in [7, 11) is -3.09. The van der Waals surface area contributed by atoms with Crippen molar-refractivity contribution in [1.29, 1.82) is 0 Å². The Morgan fingerprint density at radius 1 is 0.500 bits per heavy atom. The lowest BCUT2D eigenvalue weighted by Gasteiger charge is -2.37. The highest BCUT2D eigenvalue weighted by Gasteiger charge is 2.44. The van der Waals surface area contributed by atoms with Crippen molar-refractivity contribution >= 4 is 17.2 Å². The van der Waals surface area contributed by atoms with Gasteiger partial charge in [-0.25, -0.2) is 8.62 Å². The van der Waals surface area contributed by atoms with Crippen LogP contribution in [0.5, 0.6) is 11.5 Å². The zero-order valence-corrected chi connectivity index (χ0v) is 30.9. The van der Waals surface area contributed by atoms with E-state index in [1.54, 1.807) is 0 Å². The molecule has 0 spiro atoms. The maximum Gasteiger partial charge on any atom is 0.413 e. The highest BCUT2D eigenvalue weighted by atomic mass is 31.3. The molecule has 1 saturated heterocycles. The summed E-state index contributed by atoms with van der Waals surface area (Å²) in [6.07, 6.45) is 6.88. The lowest BCUT2D eigenvalue weighted by atomic mass is 9.78. The van der Waals surface area contributed by atoms with Crippen LogP contribution >= 0.6 is 17.2 Å². The molecule has 2 aromatic rings. The average molecular weight is 617 g/mol. The van der Waals surface area contributed by atoms with E-state index in [1.165, 1.54) is 59.1 Å². The largest absolute Gasteiger partial charge is 0.426 e. The number of hydrogen-bond donors (Lipinski definition) is 0. The SMILES string of the molecule is CCCCc1cc(C(C)(C)C)c(OP2OP(Oc3c(C(C)(C)C)cc(CCCC)cc3C(C)(C)C)O2)c(C(C)(C)C)c1. The zero-order chi connectivity index (χ0) is 31.7. The number of aryl methyl sites for hydroxylation is 2. The fourth-order valence-electron chi connectivity index (χ4n) is 5.18. The summed E-state index contributed by atoms with van der Waals surface area (Å²) >= 11 is 0. The van der Waals surface area contributed by atoms with Crippen molar-refractivity contribution in [2.75, 3.05) is 0 Å². The van der Waals surface area contributed by atoms with Gasteiger partial charge in [0.15, 0.2) is 0 Å². The Morgan fingerprint density at radius 2 is 0.762 bits per heavy atom. The van der Waals surface area contributed by atoms with Gasteiger partial charge in [-0.3, -0.25) is 0 Å². The summed E-state index contributed by atoms with van der Waals surface area (Å²) in [4.78, 5) is 0. The van der Waals surface area contributed by atoms with E-state index >= 15 is 0 Å². The Bertz CT molecular complexity index is 1040. The fourth-order valence-corrected chi connectivity index (χ4v) is 7.33. The van der Waals surface area contributed by atoms with Crippen LogP contribution in [0.3, 0.4) is 0 Å². The van der Waals surface area contributed by atoms with Crippen molar-refractivity contribution in [1.82, 2.24) is 0 Å². The van der Waals surface area contributed by atoms with E-state index in [1.807, 2.05) is 0 Å². The Morgan fingerprint density at radius 3 is 0.976 bits per heavy atom. The van der Waals surface area contributed by atoms with E-state index in [-0.39, 0.29) is 21.7 Å². The van der Waals surface area contributed by atoms with Crippen LogP contribution < -0.4 is 9.05 Å². The number of benzene rings is 2. The minimum absolute atomic E-state index is 0.0816. The predicted molar refractivity (Wildman–Crippen MR) is 182 cm³/mol. The molecule has 0 unspecified atom stereocenters. The molecule has 1 aliphatic heterocycles. The molecule has 0 radical (unpaired) electrons. The maximum atomic E-state index is 6.61. The maximum absolute atomic E-state index is 6.61. The van der Waals surface area contributed by atoms with Crippen molar-refractivity contribution in [2.24, 2.45) is 0 Å². The van der Waals surface area contributed by atoms with Gasteiger partial charge in [-0.15, -0.1) is 0 Å². The summed E-state index contributed by atoms with van der Waals surface area (Å²) < 4.78 is 25.8. The lowest BCUT2D eigenvalue weighted by molar-refractivity contribution is 0.270. The van der Waals surface area contributed by atoms with Crippen molar-refractivity contribution in [3.63, 3.8) is 0 Å². The second kappa shape index (κ2) is 13.4. The summed E-state index contributed by atoms with van der Waals surface area (Å²) in [5.41, 5.74) is 7.26. The van der Waals surface area contributed by atoms with E-state index < -0.39 is 17.2 Å². The first kappa shape index (κ1) is 35.3. The number of rotatable bonds is 10. The molecule has 1 heterocycles. The molecular weight excluding hydrogens is 558 g/mol. The van der Waals surface area contributed by atoms with Gasteiger partial charge in [0.2, 0.25) is 0 Å². The second-order valence-electron chi connectivity index (χ2n) is 16.0. The number of unbranched alkanes of at least 4 members (excludes halogenated alkanes) is 2. The van der Waals surface area contributed by atoms with Crippen LogP contribution in [0.1, 0.15) is 156 Å². The van der Waals surface area contributed by atoms with Gasteiger partial charge in [0.1, 0.15) is 11.5 Å². The third kappa shape index (κ3) is 8.94. The molecule has 6 heteroatoms. The summed E-state index contributed by atoms with van der Waals surface area (Å²) in [5.74, 6) is 1.81. The Kier molecular flexibility index (Phi) is 11.3. The van der Waals surface area contributed by atoms with Gasteiger partial charge in [0.05, 0.1) is 0 Å². The Labute approximate surface area is 260 Å². The van der Waals surface area contributed by atoms with Gasteiger partial charge in [0, 0.05) is 22.3 Å². The highest BCUT2D eigenvalue weighted by molar-refractivity contribution is 7.69. The average Bonchev–Trinajstić information content (AvgIpc) is 2.82. The van der Waals surface area contributed by atoms with Crippen molar-refractivity contribution < 1.29 is 17.7 Å². The van der Waals surface area contributed by atoms with E-state index in [9.17, 15) is 0 Å². The molecule has 0 aliphatic carbocycles. The molecule has 0 bridgehead atoms. The zero-order valence-electron chi connectivity index (χ0n) is 29.1. The summed E-state index contributed by atoms with van der Waals surface area (Å²) in [5, 5.41) is 0. The van der Waals surface area contributed by atoms with Crippen LogP contribution in [-0.4, -0.2) is 0 Å². The first-order valence-electron chi connectivity index (χ1n) is 15.9. The topological polar surface area (TPSA) is 36.9 Å². The van der Waals surface area contributed by atoms with Gasteiger partial charge in [-0.1, -0.05) is 134 Å². The number of hydrogen-bond acceptors (Lipinski definition) is 4. The second-order valence-corrected chi connectivity index (χ2v) is 18.6. The smallest absolute Gasteiger partial charge is 0.413 e. The highest BCUT2D eigenvalue weighted by Crippen LogP contribution is 2.73. The van der Waals surface area contributed by atoms with Crippen LogP contribution in [0.25, 0.3) is 0 Å². The van der Waals surface area contributed by atoms with Crippen molar-refractivity contribution in [3.8, 4) is 11.5 Å². The monoisotopic (exact) mass is 616 g/mol. The fraction of sp³-hybridized carbons (Fsp3) is 0.667. The van der Waals surface area contributed by atoms with Crippen LogP contribution in [0.2, 0.25) is 0 Å². The van der Waals surface area contributed by atoms with Gasteiger partial charge >= 0.3 is 17.2 Å². The predicted octanol–water partition coefficient (Wildman–Crippen LogP) is 12.5.